The maximum atomic E-state index is 11.4. The smallest absolute Gasteiger partial charge is 0.451 e. The summed E-state index contributed by atoms with van der Waals surface area (Å²) < 4.78 is 0. The zero-order valence-electron chi connectivity index (χ0n) is 11.0. The van der Waals surface area contributed by atoms with Gasteiger partial charge in [0.1, 0.15) is 6.04 Å². The van der Waals surface area contributed by atoms with Crippen LogP contribution in [0, 0.1) is 5.92 Å². The Hall–Kier alpha value is -1.16. The minimum absolute atomic E-state index is 0.0672. The van der Waals surface area contributed by atoms with Gasteiger partial charge in [-0.3, -0.25) is 4.79 Å². The minimum Gasteiger partial charge on any atom is -0.480 e. The average molecular weight is 275 g/mol. The molecular formula is C10H22BN3O5. The van der Waals surface area contributed by atoms with Crippen LogP contribution in [0.5, 0.6) is 0 Å². The normalized spacial score (nSPS) is 15.4. The summed E-state index contributed by atoms with van der Waals surface area (Å²) in [6.45, 7) is 1.52. The lowest BCUT2D eigenvalue weighted by molar-refractivity contribution is -0.143. The molecule has 110 valence electrons. The molecule has 0 rings (SSSR count). The number of nitrogens with two attached hydrogens (primary N) is 2. The molecule has 1 amide bonds. The van der Waals surface area contributed by atoms with Crippen LogP contribution in [-0.4, -0.2) is 52.8 Å². The van der Waals surface area contributed by atoms with E-state index in [1.807, 2.05) is 0 Å². The zero-order valence-corrected chi connectivity index (χ0v) is 11.0. The van der Waals surface area contributed by atoms with Gasteiger partial charge in [0.2, 0.25) is 5.91 Å². The van der Waals surface area contributed by atoms with Crippen molar-refractivity contribution in [1.29, 1.82) is 0 Å². The minimum atomic E-state index is -1.43. The number of hydrogen-bond donors (Lipinski definition) is 6. The second kappa shape index (κ2) is 8.86. The molecule has 0 fully saturated rings. The Balaban J connectivity index is 4.54. The Kier molecular flexibility index (Phi) is 8.32. The van der Waals surface area contributed by atoms with Gasteiger partial charge in [0.15, 0.2) is 0 Å². The number of carbonyl (C=O) groups excluding carboxylic acids is 1. The van der Waals surface area contributed by atoms with E-state index in [2.05, 4.69) is 5.32 Å². The van der Waals surface area contributed by atoms with Gasteiger partial charge in [-0.25, -0.2) is 4.79 Å². The number of carbonyl (C=O) groups is 2. The van der Waals surface area contributed by atoms with Gasteiger partial charge >= 0.3 is 13.1 Å². The second-order valence-electron chi connectivity index (χ2n) is 4.52. The number of aliphatic carboxylic acids is 1. The van der Waals surface area contributed by atoms with E-state index in [1.54, 1.807) is 0 Å². The van der Waals surface area contributed by atoms with Gasteiger partial charge in [-0.15, -0.1) is 0 Å². The lowest BCUT2D eigenvalue weighted by Crippen LogP contribution is -2.52. The molecule has 8 N–H and O–H groups in total. The monoisotopic (exact) mass is 275 g/mol. The Morgan fingerprint density at radius 1 is 1.37 bits per heavy atom. The topological polar surface area (TPSA) is 159 Å². The van der Waals surface area contributed by atoms with Gasteiger partial charge < -0.3 is 31.9 Å². The third-order valence-electron chi connectivity index (χ3n) is 2.79. The van der Waals surface area contributed by atoms with E-state index in [4.69, 9.17) is 26.6 Å². The first kappa shape index (κ1) is 17.8. The van der Waals surface area contributed by atoms with E-state index in [-0.39, 0.29) is 12.9 Å². The average Bonchev–Trinajstić information content (AvgIpc) is 2.31. The highest BCUT2D eigenvalue weighted by atomic mass is 16.4. The maximum Gasteiger partial charge on any atom is 0.451 e. The molecule has 0 spiro atoms. The molecule has 0 aromatic heterocycles. The van der Waals surface area contributed by atoms with Gasteiger partial charge in [0.05, 0.1) is 6.04 Å². The lowest BCUT2D eigenvalue weighted by Gasteiger charge is -2.24. The van der Waals surface area contributed by atoms with Crippen LogP contribution in [0.4, 0.5) is 0 Å². The zero-order chi connectivity index (χ0) is 15.0. The third kappa shape index (κ3) is 7.11. The van der Waals surface area contributed by atoms with Crippen molar-refractivity contribution >= 4 is 19.0 Å². The Morgan fingerprint density at radius 3 is 2.32 bits per heavy atom. The number of rotatable bonds is 9. The van der Waals surface area contributed by atoms with E-state index in [1.165, 1.54) is 6.92 Å². The van der Waals surface area contributed by atoms with Crippen molar-refractivity contribution < 1.29 is 24.7 Å². The predicted octanol–water partition coefficient (Wildman–Crippen LogP) is -2.27. The van der Waals surface area contributed by atoms with Crippen LogP contribution >= 0.6 is 0 Å². The van der Waals surface area contributed by atoms with E-state index in [0.717, 1.165) is 0 Å². The summed E-state index contributed by atoms with van der Waals surface area (Å²) in [6.07, 6.45) is 0.895. The van der Waals surface area contributed by atoms with Gasteiger partial charge in [-0.2, -0.15) is 0 Å². The SMILES string of the molecule is C[C@H](N)C(=O)N[C@H](C(=O)O)[C@H](CN)CCCB(O)O. The summed E-state index contributed by atoms with van der Waals surface area (Å²) in [6, 6.07) is -1.93. The van der Waals surface area contributed by atoms with Crippen LogP contribution in [0.1, 0.15) is 19.8 Å². The molecule has 0 heterocycles. The maximum absolute atomic E-state index is 11.4. The summed E-state index contributed by atoms with van der Waals surface area (Å²) in [7, 11) is -1.43. The van der Waals surface area contributed by atoms with Crippen molar-refractivity contribution in [2.45, 2.75) is 38.2 Å². The molecule has 9 heteroatoms. The predicted molar refractivity (Wildman–Crippen MR) is 70.0 cm³/mol. The van der Waals surface area contributed by atoms with Crippen LogP contribution < -0.4 is 16.8 Å². The quantitative estimate of drug-likeness (QED) is 0.259. The molecule has 0 aromatic carbocycles. The number of hydrogen-bond acceptors (Lipinski definition) is 6. The van der Waals surface area contributed by atoms with Crippen LogP contribution in [0.15, 0.2) is 0 Å². The fraction of sp³-hybridized carbons (Fsp3) is 0.800. The van der Waals surface area contributed by atoms with Crippen molar-refractivity contribution in [3.63, 3.8) is 0 Å². The summed E-state index contributed by atoms with van der Waals surface area (Å²) in [5.74, 6) is -2.24. The molecule has 0 aliphatic rings. The number of amides is 1. The van der Waals surface area contributed by atoms with Gasteiger partial charge in [-0.05, 0) is 26.2 Å². The molecule has 0 saturated heterocycles. The molecule has 0 bridgehead atoms. The molecule has 0 aliphatic heterocycles. The number of carboxylic acid groups (broad SMARTS) is 1. The first-order chi connectivity index (χ1) is 8.79. The van der Waals surface area contributed by atoms with Gasteiger partial charge in [-0.1, -0.05) is 6.42 Å². The number of nitrogens with one attached hydrogen (secondary N) is 1. The van der Waals surface area contributed by atoms with E-state index < -0.39 is 37.0 Å². The molecule has 0 aliphatic carbocycles. The molecule has 3 atom stereocenters. The van der Waals surface area contributed by atoms with Crippen molar-refractivity contribution in [2.24, 2.45) is 17.4 Å². The lowest BCUT2D eigenvalue weighted by atomic mass is 9.81. The third-order valence-corrected chi connectivity index (χ3v) is 2.79. The van der Waals surface area contributed by atoms with E-state index in [0.29, 0.717) is 12.8 Å². The highest BCUT2D eigenvalue weighted by molar-refractivity contribution is 6.40. The van der Waals surface area contributed by atoms with Crippen molar-refractivity contribution in [1.82, 2.24) is 5.32 Å². The van der Waals surface area contributed by atoms with Crippen LogP contribution in [0.25, 0.3) is 0 Å². The fourth-order valence-corrected chi connectivity index (χ4v) is 1.65. The Labute approximate surface area is 112 Å². The van der Waals surface area contributed by atoms with Gasteiger partial charge in [0.25, 0.3) is 0 Å². The van der Waals surface area contributed by atoms with Crippen molar-refractivity contribution in [3.8, 4) is 0 Å². The van der Waals surface area contributed by atoms with Gasteiger partial charge in [0, 0.05) is 5.92 Å². The molecule has 8 nitrogen and oxygen atoms in total. The first-order valence-corrected chi connectivity index (χ1v) is 6.14. The first-order valence-electron chi connectivity index (χ1n) is 6.14. The highest BCUT2D eigenvalue weighted by Gasteiger charge is 2.29. The second-order valence-corrected chi connectivity index (χ2v) is 4.52. The van der Waals surface area contributed by atoms with Crippen molar-refractivity contribution in [2.75, 3.05) is 6.54 Å². The summed E-state index contributed by atoms with van der Waals surface area (Å²) >= 11 is 0. The van der Waals surface area contributed by atoms with Crippen molar-refractivity contribution in [3.05, 3.63) is 0 Å². The number of carboxylic acids is 1. The van der Waals surface area contributed by atoms with Crippen LogP contribution in [0.2, 0.25) is 6.32 Å². The van der Waals surface area contributed by atoms with E-state index in [9.17, 15) is 9.59 Å². The molecule has 0 saturated carbocycles. The molecule has 0 radical (unpaired) electrons. The Bertz CT molecular complexity index is 301. The molecule has 0 unspecified atom stereocenters. The molecule has 19 heavy (non-hydrogen) atoms. The largest absolute Gasteiger partial charge is 0.480 e. The summed E-state index contributed by atoms with van der Waals surface area (Å²) in [5, 5.41) is 28.9. The summed E-state index contributed by atoms with van der Waals surface area (Å²) in [4.78, 5) is 22.6. The molecular weight excluding hydrogens is 253 g/mol. The summed E-state index contributed by atoms with van der Waals surface area (Å²) in [5.41, 5.74) is 10.9. The standard InChI is InChI=1S/C10H22BN3O5/c1-6(13)9(15)14-8(10(16)17)7(5-12)3-2-4-11(18)19/h6-8,18-19H,2-5,12-13H2,1H3,(H,14,15)(H,16,17)/t6-,7-,8-/m0/s1. The van der Waals surface area contributed by atoms with Crippen LogP contribution in [0.3, 0.4) is 0 Å². The highest BCUT2D eigenvalue weighted by Crippen LogP contribution is 2.13. The molecule has 0 aromatic rings. The van der Waals surface area contributed by atoms with E-state index >= 15 is 0 Å². The van der Waals surface area contributed by atoms with Crippen LogP contribution in [-0.2, 0) is 9.59 Å². The Morgan fingerprint density at radius 2 is 1.95 bits per heavy atom. The fourth-order valence-electron chi connectivity index (χ4n) is 1.65.